The van der Waals surface area contributed by atoms with Crippen LogP contribution < -0.4 is 9.47 Å². The van der Waals surface area contributed by atoms with Crippen molar-refractivity contribution < 1.29 is 19.1 Å². The number of rotatable bonds is 9. The van der Waals surface area contributed by atoms with E-state index in [1.165, 1.54) is 14.0 Å². The van der Waals surface area contributed by atoms with Crippen molar-refractivity contribution in [3.05, 3.63) is 23.8 Å². The van der Waals surface area contributed by atoms with Crippen LogP contribution in [0, 0.1) is 0 Å². The third-order valence-electron chi connectivity index (χ3n) is 3.69. The number of hydrogen-bond acceptors (Lipinski definition) is 5. The van der Waals surface area contributed by atoms with Crippen molar-refractivity contribution in [3.63, 3.8) is 0 Å². The summed E-state index contributed by atoms with van der Waals surface area (Å²) in [4.78, 5) is 25.4. The fourth-order valence-corrected chi connectivity index (χ4v) is 2.99. The SMILES string of the molecule is CC[C@@H](CSC)N(C)C(=O)COc1ccc(C(C)=O)cc1OC. The number of thioether (sulfide) groups is 1. The number of ketones is 1. The molecule has 0 saturated carbocycles. The lowest BCUT2D eigenvalue weighted by Crippen LogP contribution is -2.40. The van der Waals surface area contributed by atoms with Crippen LogP contribution in [0.2, 0.25) is 0 Å². The Balaban J connectivity index is 2.73. The molecule has 1 amide bonds. The summed E-state index contributed by atoms with van der Waals surface area (Å²) in [6, 6.07) is 5.14. The number of benzene rings is 1. The molecule has 0 aliphatic rings. The maximum absolute atomic E-state index is 12.3. The molecule has 0 heterocycles. The third kappa shape index (κ3) is 5.46. The molecule has 0 bridgehead atoms. The van der Waals surface area contributed by atoms with Gasteiger partial charge in [-0.2, -0.15) is 11.8 Å². The van der Waals surface area contributed by atoms with Gasteiger partial charge in [-0.1, -0.05) is 6.92 Å². The van der Waals surface area contributed by atoms with Crippen molar-refractivity contribution in [1.82, 2.24) is 4.90 Å². The minimum absolute atomic E-state index is 0.0477. The van der Waals surface area contributed by atoms with E-state index >= 15 is 0 Å². The number of amides is 1. The summed E-state index contributed by atoms with van der Waals surface area (Å²) in [6.07, 6.45) is 2.93. The topological polar surface area (TPSA) is 55.8 Å². The first-order valence-corrected chi connectivity index (χ1v) is 8.90. The van der Waals surface area contributed by atoms with Gasteiger partial charge in [-0.05, 0) is 37.8 Å². The quantitative estimate of drug-likeness (QED) is 0.648. The molecule has 23 heavy (non-hydrogen) atoms. The molecular formula is C17H25NO4S. The van der Waals surface area contributed by atoms with Crippen LogP contribution in [0.1, 0.15) is 30.6 Å². The van der Waals surface area contributed by atoms with E-state index in [9.17, 15) is 9.59 Å². The largest absolute Gasteiger partial charge is 0.493 e. The van der Waals surface area contributed by atoms with E-state index in [2.05, 4.69) is 6.92 Å². The molecule has 128 valence electrons. The summed E-state index contributed by atoms with van der Waals surface area (Å²) in [6.45, 7) is 3.50. The lowest BCUT2D eigenvalue weighted by molar-refractivity contribution is -0.133. The highest BCUT2D eigenvalue weighted by Gasteiger charge is 2.19. The van der Waals surface area contributed by atoms with E-state index in [-0.39, 0.29) is 24.3 Å². The van der Waals surface area contributed by atoms with Crippen LogP contribution in [-0.4, -0.2) is 55.4 Å². The summed E-state index contributed by atoms with van der Waals surface area (Å²) in [5.74, 6) is 1.67. The van der Waals surface area contributed by atoms with Gasteiger partial charge >= 0.3 is 0 Å². The normalized spacial score (nSPS) is 11.7. The molecule has 6 heteroatoms. The third-order valence-corrected chi connectivity index (χ3v) is 4.41. The zero-order chi connectivity index (χ0) is 17.4. The minimum Gasteiger partial charge on any atom is -0.493 e. The average Bonchev–Trinajstić information content (AvgIpc) is 2.56. The fourth-order valence-electron chi connectivity index (χ4n) is 2.15. The molecule has 0 aliphatic heterocycles. The van der Waals surface area contributed by atoms with Gasteiger partial charge in [-0.3, -0.25) is 9.59 Å². The highest BCUT2D eigenvalue weighted by Crippen LogP contribution is 2.28. The highest BCUT2D eigenvalue weighted by atomic mass is 32.2. The molecule has 1 atom stereocenters. The van der Waals surface area contributed by atoms with Crippen molar-refractivity contribution in [2.75, 3.05) is 32.8 Å². The first-order chi connectivity index (χ1) is 10.9. The van der Waals surface area contributed by atoms with Crippen LogP contribution in [0.4, 0.5) is 0 Å². The van der Waals surface area contributed by atoms with Crippen LogP contribution in [0.5, 0.6) is 11.5 Å². The first-order valence-electron chi connectivity index (χ1n) is 7.50. The van der Waals surface area contributed by atoms with Gasteiger partial charge in [0.1, 0.15) is 0 Å². The summed E-state index contributed by atoms with van der Waals surface area (Å²) >= 11 is 1.72. The number of hydrogen-bond donors (Lipinski definition) is 0. The monoisotopic (exact) mass is 339 g/mol. The van der Waals surface area contributed by atoms with Crippen molar-refractivity contribution in [1.29, 1.82) is 0 Å². The Morgan fingerprint density at radius 3 is 2.52 bits per heavy atom. The zero-order valence-corrected chi connectivity index (χ0v) is 15.2. The van der Waals surface area contributed by atoms with Crippen molar-refractivity contribution in [2.24, 2.45) is 0 Å². The second-order valence-electron chi connectivity index (χ2n) is 5.23. The van der Waals surface area contributed by atoms with Gasteiger partial charge in [0.25, 0.3) is 5.91 Å². The van der Waals surface area contributed by atoms with E-state index in [1.807, 2.05) is 6.26 Å². The smallest absolute Gasteiger partial charge is 0.260 e. The van der Waals surface area contributed by atoms with Crippen molar-refractivity contribution in [2.45, 2.75) is 26.3 Å². The minimum atomic E-state index is -0.0800. The van der Waals surface area contributed by atoms with Crippen LogP contribution in [0.3, 0.4) is 0 Å². The van der Waals surface area contributed by atoms with Gasteiger partial charge in [0.05, 0.1) is 7.11 Å². The van der Waals surface area contributed by atoms with Crippen LogP contribution in [0.15, 0.2) is 18.2 Å². The Hall–Kier alpha value is -1.69. The molecule has 0 aliphatic carbocycles. The Labute approximate surface area is 142 Å². The van der Waals surface area contributed by atoms with E-state index in [1.54, 1.807) is 41.9 Å². The van der Waals surface area contributed by atoms with Gasteiger partial charge in [-0.15, -0.1) is 0 Å². The molecule has 5 nitrogen and oxygen atoms in total. The van der Waals surface area contributed by atoms with Crippen LogP contribution >= 0.6 is 11.8 Å². The molecule has 0 radical (unpaired) electrons. The van der Waals surface area contributed by atoms with Gasteiger partial charge in [0.2, 0.25) is 0 Å². The Morgan fingerprint density at radius 2 is 2.00 bits per heavy atom. The van der Waals surface area contributed by atoms with Gasteiger partial charge in [0.15, 0.2) is 23.9 Å². The average molecular weight is 339 g/mol. The Kier molecular flexibility index (Phi) is 7.95. The number of likely N-dealkylation sites (N-methyl/N-ethyl adjacent to an activating group) is 1. The summed E-state index contributed by atoms with van der Waals surface area (Å²) < 4.78 is 10.8. The number of ether oxygens (including phenoxy) is 2. The predicted octanol–water partition coefficient (Wildman–Crippen LogP) is 2.88. The molecule has 0 unspecified atom stereocenters. The number of Topliss-reactive ketones (excluding diaryl/α,β-unsaturated/α-hetero) is 1. The number of carbonyl (C=O) groups excluding carboxylic acids is 2. The van der Waals surface area contributed by atoms with Crippen molar-refractivity contribution in [3.8, 4) is 11.5 Å². The Bertz CT molecular complexity index is 547. The number of nitrogens with zero attached hydrogens (tertiary/aromatic N) is 1. The number of carbonyl (C=O) groups is 2. The standard InChI is InChI=1S/C17H25NO4S/c1-6-14(11-23-5)18(3)17(20)10-22-15-8-7-13(12(2)19)9-16(15)21-4/h7-9,14H,6,10-11H2,1-5H3/t14-/m0/s1. The second kappa shape index (κ2) is 9.45. The molecule has 0 N–H and O–H groups in total. The Morgan fingerprint density at radius 1 is 1.30 bits per heavy atom. The maximum atomic E-state index is 12.3. The molecule has 0 fully saturated rings. The highest BCUT2D eigenvalue weighted by molar-refractivity contribution is 7.98. The lowest BCUT2D eigenvalue weighted by atomic mass is 10.1. The van der Waals surface area contributed by atoms with Gasteiger partial charge < -0.3 is 14.4 Å². The molecule has 1 rings (SSSR count). The maximum Gasteiger partial charge on any atom is 0.260 e. The molecular weight excluding hydrogens is 314 g/mol. The molecule has 0 aromatic heterocycles. The lowest BCUT2D eigenvalue weighted by Gasteiger charge is -2.26. The molecule has 0 spiro atoms. The first kappa shape index (κ1) is 19.4. The van der Waals surface area contributed by atoms with Crippen LogP contribution in [-0.2, 0) is 4.79 Å². The number of methoxy groups -OCH3 is 1. The van der Waals surface area contributed by atoms with Gasteiger partial charge in [0, 0.05) is 24.4 Å². The second-order valence-corrected chi connectivity index (χ2v) is 6.14. The van der Waals surface area contributed by atoms with Crippen molar-refractivity contribution >= 4 is 23.5 Å². The zero-order valence-electron chi connectivity index (χ0n) is 14.4. The van der Waals surface area contributed by atoms with E-state index in [0.29, 0.717) is 17.1 Å². The van der Waals surface area contributed by atoms with E-state index in [0.717, 1.165) is 12.2 Å². The predicted molar refractivity (Wildman–Crippen MR) is 93.7 cm³/mol. The summed E-state index contributed by atoms with van der Waals surface area (Å²) in [5.41, 5.74) is 0.545. The summed E-state index contributed by atoms with van der Waals surface area (Å²) in [7, 11) is 3.30. The fraction of sp³-hybridized carbons (Fsp3) is 0.529. The summed E-state index contributed by atoms with van der Waals surface area (Å²) in [5, 5.41) is 0. The van der Waals surface area contributed by atoms with Gasteiger partial charge in [-0.25, -0.2) is 0 Å². The molecule has 0 saturated heterocycles. The van der Waals surface area contributed by atoms with E-state index in [4.69, 9.17) is 9.47 Å². The molecule has 1 aromatic carbocycles. The van der Waals surface area contributed by atoms with Crippen LogP contribution in [0.25, 0.3) is 0 Å². The van der Waals surface area contributed by atoms with E-state index < -0.39 is 0 Å². The molecule has 1 aromatic rings.